The maximum absolute atomic E-state index is 11.2. The molecular weight excluding hydrogens is 312 g/mol. The SMILES string of the molecule is CCOc1cc(CCN)cc(Br)c1OCC(=O)NC. The van der Waals surface area contributed by atoms with E-state index < -0.39 is 0 Å². The molecule has 0 bridgehead atoms. The van der Waals surface area contributed by atoms with E-state index in [0.29, 0.717) is 24.7 Å². The third-order valence-corrected chi connectivity index (χ3v) is 3.02. The number of nitrogens with one attached hydrogen (secondary N) is 1. The summed E-state index contributed by atoms with van der Waals surface area (Å²) in [5, 5.41) is 2.50. The van der Waals surface area contributed by atoms with Gasteiger partial charge in [-0.2, -0.15) is 0 Å². The number of rotatable bonds is 7. The molecule has 0 spiro atoms. The van der Waals surface area contributed by atoms with Gasteiger partial charge in [-0.3, -0.25) is 4.79 Å². The number of hydrogen-bond donors (Lipinski definition) is 2. The molecule has 5 nitrogen and oxygen atoms in total. The van der Waals surface area contributed by atoms with E-state index >= 15 is 0 Å². The van der Waals surface area contributed by atoms with E-state index in [0.717, 1.165) is 16.5 Å². The molecule has 0 aliphatic rings. The predicted molar refractivity (Wildman–Crippen MR) is 77.6 cm³/mol. The number of likely N-dealkylation sites (N-methyl/N-ethyl adjacent to an activating group) is 1. The van der Waals surface area contributed by atoms with Crippen molar-refractivity contribution in [1.82, 2.24) is 5.32 Å². The van der Waals surface area contributed by atoms with Gasteiger partial charge in [-0.1, -0.05) is 0 Å². The minimum atomic E-state index is -0.194. The Hall–Kier alpha value is -1.27. The third kappa shape index (κ3) is 4.72. The van der Waals surface area contributed by atoms with Crippen LogP contribution in [0, 0.1) is 0 Å². The van der Waals surface area contributed by atoms with Gasteiger partial charge in [0.2, 0.25) is 0 Å². The monoisotopic (exact) mass is 330 g/mol. The molecule has 106 valence electrons. The lowest BCUT2D eigenvalue weighted by Crippen LogP contribution is -2.25. The molecule has 0 heterocycles. The van der Waals surface area contributed by atoms with E-state index in [1.54, 1.807) is 7.05 Å². The van der Waals surface area contributed by atoms with Crippen molar-refractivity contribution >= 4 is 21.8 Å². The highest BCUT2D eigenvalue weighted by Crippen LogP contribution is 2.37. The molecule has 0 aliphatic heterocycles. The van der Waals surface area contributed by atoms with E-state index in [4.69, 9.17) is 15.2 Å². The minimum absolute atomic E-state index is 0.0502. The van der Waals surface area contributed by atoms with Gasteiger partial charge in [0.05, 0.1) is 11.1 Å². The summed E-state index contributed by atoms with van der Waals surface area (Å²) in [6.07, 6.45) is 0.758. The van der Waals surface area contributed by atoms with Crippen LogP contribution in [0.25, 0.3) is 0 Å². The predicted octanol–water partition coefficient (Wildman–Crippen LogP) is 1.47. The van der Waals surface area contributed by atoms with Crippen molar-refractivity contribution in [3.8, 4) is 11.5 Å². The number of hydrogen-bond acceptors (Lipinski definition) is 4. The van der Waals surface area contributed by atoms with Crippen LogP contribution < -0.4 is 20.5 Å². The smallest absolute Gasteiger partial charge is 0.257 e. The number of benzene rings is 1. The first-order valence-corrected chi connectivity index (χ1v) is 6.90. The highest BCUT2D eigenvalue weighted by molar-refractivity contribution is 9.10. The second-order valence-electron chi connectivity index (χ2n) is 3.84. The Bertz CT molecular complexity index is 438. The zero-order valence-corrected chi connectivity index (χ0v) is 12.7. The van der Waals surface area contributed by atoms with Gasteiger partial charge in [0.15, 0.2) is 18.1 Å². The summed E-state index contributed by atoms with van der Waals surface area (Å²) in [6, 6.07) is 3.81. The maximum Gasteiger partial charge on any atom is 0.257 e. The molecule has 0 aliphatic carbocycles. The lowest BCUT2D eigenvalue weighted by Gasteiger charge is -2.15. The first-order valence-electron chi connectivity index (χ1n) is 6.11. The quantitative estimate of drug-likeness (QED) is 0.794. The first kappa shape index (κ1) is 15.8. The molecular formula is C13H19BrN2O3. The van der Waals surface area contributed by atoms with Gasteiger partial charge in [0, 0.05) is 7.05 Å². The van der Waals surface area contributed by atoms with E-state index in [9.17, 15) is 4.79 Å². The zero-order valence-electron chi connectivity index (χ0n) is 11.2. The largest absolute Gasteiger partial charge is 0.490 e. The van der Waals surface area contributed by atoms with Crippen molar-refractivity contribution in [2.75, 3.05) is 26.8 Å². The summed E-state index contributed by atoms with van der Waals surface area (Å²) in [5.41, 5.74) is 6.61. The van der Waals surface area contributed by atoms with Crippen molar-refractivity contribution in [1.29, 1.82) is 0 Å². The molecule has 1 aromatic carbocycles. The highest BCUT2D eigenvalue weighted by Gasteiger charge is 2.13. The standard InChI is InChI=1S/C13H19BrN2O3/c1-3-18-11-7-9(4-5-15)6-10(14)13(11)19-8-12(17)16-2/h6-7H,3-5,8,15H2,1-2H3,(H,16,17). The molecule has 0 saturated carbocycles. The maximum atomic E-state index is 11.2. The molecule has 0 unspecified atom stereocenters. The Morgan fingerprint density at radius 2 is 2.16 bits per heavy atom. The Labute approximate surface area is 121 Å². The van der Waals surface area contributed by atoms with Crippen LogP contribution in [0.1, 0.15) is 12.5 Å². The average molecular weight is 331 g/mol. The van der Waals surface area contributed by atoms with Crippen molar-refractivity contribution in [3.63, 3.8) is 0 Å². The van der Waals surface area contributed by atoms with E-state index in [1.165, 1.54) is 0 Å². The van der Waals surface area contributed by atoms with Crippen LogP contribution >= 0.6 is 15.9 Å². The summed E-state index contributed by atoms with van der Waals surface area (Å²) in [5.74, 6) is 0.954. The molecule has 0 atom stereocenters. The number of carbonyl (C=O) groups is 1. The lowest BCUT2D eigenvalue weighted by molar-refractivity contribution is -0.122. The molecule has 19 heavy (non-hydrogen) atoms. The van der Waals surface area contributed by atoms with E-state index in [1.807, 2.05) is 19.1 Å². The van der Waals surface area contributed by atoms with Crippen molar-refractivity contribution in [2.45, 2.75) is 13.3 Å². The molecule has 0 saturated heterocycles. The molecule has 1 amide bonds. The van der Waals surface area contributed by atoms with Gasteiger partial charge in [0.25, 0.3) is 5.91 Å². The van der Waals surface area contributed by atoms with Crippen LogP contribution in [0.2, 0.25) is 0 Å². The number of halogens is 1. The van der Waals surface area contributed by atoms with Gasteiger partial charge in [-0.15, -0.1) is 0 Å². The summed E-state index contributed by atoms with van der Waals surface area (Å²) in [7, 11) is 1.56. The average Bonchev–Trinajstić information content (AvgIpc) is 2.38. The fraction of sp³-hybridized carbons (Fsp3) is 0.462. The Balaban J connectivity index is 2.96. The molecule has 1 aromatic rings. The second kappa shape index (κ2) is 8.01. The second-order valence-corrected chi connectivity index (χ2v) is 4.69. The van der Waals surface area contributed by atoms with Gasteiger partial charge in [0.1, 0.15) is 0 Å². The topological polar surface area (TPSA) is 73.6 Å². The molecule has 0 aromatic heterocycles. The normalized spacial score (nSPS) is 10.1. The van der Waals surface area contributed by atoms with Gasteiger partial charge in [-0.05, 0) is 53.5 Å². The molecule has 6 heteroatoms. The van der Waals surface area contributed by atoms with Gasteiger partial charge in [-0.25, -0.2) is 0 Å². The van der Waals surface area contributed by atoms with Crippen LogP contribution in [0.15, 0.2) is 16.6 Å². The van der Waals surface area contributed by atoms with Crippen LogP contribution in [0.3, 0.4) is 0 Å². The minimum Gasteiger partial charge on any atom is -0.490 e. The van der Waals surface area contributed by atoms with Gasteiger partial charge >= 0.3 is 0 Å². The van der Waals surface area contributed by atoms with E-state index in [2.05, 4.69) is 21.2 Å². The van der Waals surface area contributed by atoms with Crippen molar-refractivity contribution in [2.24, 2.45) is 5.73 Å². The highest BCUT2D eigenvalue weighted by atomic mass is 79.9. The van der Waals surface area contributed by atoms with Crippen LogP contribution in [0.5, 0.6) is 11.5 Å². The molecule has 0 fully saturated rings. The number of carbonyl (C=O) groups excluding carboxylic acids is 1. The summed E-state index contributed by atoms with van der Waals surface area (Å²) in [6.45, 7) is 2.93. The van der Waals surface area contributed by atoms with Crippen molar-refractivity contribution < 1.29 is 14.3 Å². The number of ether oxygens (including phenoxy) is 2. The molecule has 3 N–H and O–H groups in total. The third-order valence-electron chi connectivity index (χ3n) is 2.43. The molecule has 0 radical (unpaired) electrons. The fourth-order valence-corrected chi connectivity index (χ4v) is 2.15. The first-order chi connectivity index (χ1) is 9.12. The summed E-state index contributed by atoms with van der Waals surface area (Å²) < 4.78 is 11.8. The lowest BCUT2D eigenvalue weighted by atomic mass is 10.1. The van der Waals surface area contributed by atoms with E-state index in [-0.39, 0.29) is 12.5 Å². The number of nitrogens with two attached hydrogens (primary N) is 1. The Morgan fingerprint density at radius 3 is 2.74 bits per heavy atom. The summed E-state index contributed by atoms with van der Waals surface area (Å²) in [4.78, 5) is 11.2. The van der Waals surface area contributed by atoms with Crippen LogP contribution in [0.4, 0.5) is 0 Å². The fourth-order valence-electron chi connectivity index (χ4n) is 1.55. The molecule has 1 rings (SSSR count). The summed E-state index contributed by atoms with van der Waals surface area (Å²) >= 11 is 3.43. The van der Waals surface area contributed by atoms with Crippen LogP contribution in [-0.2, 0) is 11.2 Å². The Kier molecular flexibility index (Phi) is 6.66. The zero-order chi connectivity index (χ0) is 14.3. The van der Waals surface area contributed by atoms with Gasteiger partial charge < -0.3 is 20.5 Å². The van der Waals surface area contributed by atoms with Crippen LogP contribution in [-0.4, -0.2) is 32.7 Å². The van der Waals surface area contributed by atoms with Crippen molar-refractivity contribution in [3.05, 3.63) is 22.2 Å². The number of amides is 1. The Morgan fingerprint density at radius 1 is 1.42 bits per heavy atom.